The molecule has 1 atom stereocenters. The van der Waals surface area contributed by atoms with E-state index in [2.05, 4.69) is 17.6 Å². The molecular formula is C31H37FN2O4S. The third-order valence-electron chi connectivity index (χ3n) is 6.52. The molecule has 3 aromatic rings. The average molecular weight is 553 g/mol. The number of nitrogens with one attached hydrogen (secondary N) is 2. The number of rotatable bonds is 14. The number of urea groups is 1. The summed E-state index contributed by atoms with van der Waals surface area (Å²) in [6, 6.07) is 17.9. The van der Waals surface area contributed by atoms with Crippen molar-refractivity contribution in [1.82, 2.24) is 5.32 Å². The lowest BCUT2D eigenvalue weighted by atomic mass is 9.98. The fourth-order valence-electron chi connectivity index (χ4n) is 4.24. The zero-order chi connectivity index (χ0) is 28.3. The molecule has 0 spiro atoms. The monoisotopic (exact) mass is 552 g/mol. The summed E-state index contributed by atoms with van der Waals surface area (Å²) in [6.45, 7) is 4.03. The molecule has 3 rings (SSSR count). The van der Waals surface area contributed by atoms with Crippen molar-refractivity contribution in [3.05, 3.63) is 95.3 Å². The van der Waals surface area contributed by atoms with E-state index in [4.69, 9.17) is 0 Å². The highest BCUT2D eigenvalue weighted by Crippen LogP contribution is 2.19. The van der Waals surface area contributed by atoms with Crippen molar-refractivity contribution in [2.24, 2.45) is 0 Å². The number of sulfone groups is 1. The number of amides is 2. The summed E-state index contributed by atoms with van der Waals surface area (Å²) in [7, 11) is -3.50. The number of aryl methyl sites for hydroxylation is 1. The van der Waals surface area contributed by atoms with Crippen molar-refractivity contribution in [2.75, 3.05) is 5.32 Å². The maximum Gasteiger partial charge on any atom is 0.319 e. The molecule has 0 fully saturated rings. The van der Waals surface area contributed by atoms with Gasteiger partial charge in [0.25, 0.3) is 0 Å². The molecule has 2 N–H and O–H groups in total. The fourth-order valence-corrected chi connectivity index (χ4v) is 5.59. The van der Waals surface area contributed by atoms with E-state index in [1.54, 1.807) is 60.7 Å². The SMILES string of the molecule is CCCCCCCC(=O)[C@@H](Cc1ccc(F)cc1)NC(=O)Nc1ccc(CS(=O)(=O)c2ccc(C)cc2)cc1. The van der Waals surface area contributed by atoms with E-state index >= 15 is 0 Å². The van der Waals surface area contributed by atoms with Crippen LogP contribution in [0.4, 0.5) is 14.9 Å². The molecule has 208 valence electrons. The minimum Gasteiger partial charge on any atom is -0.328 e. The Bertz CT molecular complexity index is 1320. The summed E-state index contributed by atoms with van der Waals surface area (Å²) in [5.41, 5.74) is 2.79. The van der Waals surface area contributed by atoms with Crippen LogP contribution >= 0.6 is 0 Å². The van der Waals surface area contributed by atoms with E-state index in [0.717, 1.165) is 43.2 Å². The largest absolute Gasteiger partial charge is 0.328 e. The molecule has 3 aromatic carbocycles. The normalized spacial score (nSPS) is 12.1. The summed E-state index contributed by atoms with van der Waals surface area (Å²) in [5.74, 6) is -0.587. The Kier molecular flexibility index (Phi) is 11.2. The van der Waals surface area contributed by atoms with Crippen molar-refractivity contribution in [2.45, 2.75) is 75.5 Å². The van der Waals surface area contributed by atoms with Gasteiger partial charge in [-0.05, 0) is 67.3 Å². The Morgan fingerprint density at radius 2 is 1.44 bits per heavy atom. The quantitative estimate of drug-likeness (QED) is 0.216. The molecule has 0 heterocycles. The van der Waals surface area contributed by atoms with Gasteiger partial charge in [-0.25, -0.2) is 17.6 Å². The van der Waals surface area contributed by atoms with Crippen LogP contribution in [0.5, 0.6) is 0 Å². The lowest BCUT2D eigenvalue weighted by molar-refractivity contribution is -0.120. The number of hydrogen-bond acceptors (Lipinski definition) is 4. The minimum atomic E-state index is -3.50. The molecular weight excluding hydrogens is 515 g/mol. The summed E-state index contributed by atoms with van der Waals surface area (Å²) < 4.78 is 38.8. The molecule has 6 nitrogen and oxygen atoms in total. The molecule has 0 aromatic heterocycles. The van der Waals surface area contributed by atoms with Crippen LogP contribution < -0.4 is 10.6 Å². The molecule has 0 saturated heterocycles. The Morgan fingerprint density at radius 1 is 0.821 bits per heavy atom. The van der Waals surface area contributed by atoms with Crippen molar-refractivity contribution >= 4 is 27.3 Å². The van der Waals surface area contributed by atoms with Crippen LogP contribution in [0.1, 0.15) is 62.1 Å². The second-order valence-electron chi connectivity index (χ2n) is 9.88. The van der Waals surface area contributed by atoms with E-state index in [0.29, 0.717) is 17.7 Å². The van der Waals surface area contributed by atoms with Gasteiger partial charge in [-0.3, -0.25) is 4.79 Å². The topological polar surface area (TPSA) is 92.3 Å². The van der Waals surface area contributed by atoms with Crippen LogP contribution in [0.15, 0.2) is 77.7 Å². The van der Waals surface area contributed by atoms with E-state index in [1.807, 2.05) is 6.92 Å². The van der Waals surface area contributed by atoms with E-state index in [-0.39, 0.29) is 28.7 Å². The zero-order valence-corrected chi connectivity index (χ0v) is 23.4. The maximum atomic E-state index is 13.3. The van der Waals surface area contributed by atoms with E-state index < -0.39 is 21.9 Å². The second-order valence-corrected chi connectivity index (χ2v) is 11.9. The van der Waals surface area contributed by atoms with Gasteiger partial charge < -0.3 is 10.6 Å². The van der Waals surface area contributed by atoms with E-state index in [9.17, 15) is 22.4 Å². The van der Waals surface area contributed by atoms with E-state index in [1.165, 1.54) is 12.1 Å². The molecule has 0 saturated carbocycles. The summed E-state index contributed by atoms with van der Waals surface area (Å²) in [5, 5.41) is 5.49. The lowest BCUT2D eigenvalue weighted by Crippen LogP contribution is -2.44. The van der Waals surface area contributed by atoms with Crippen molar-refractivity contribution in [1.29, 1.82) is 0 Å². The van der Waals surface area contributed by atoms with Gasteiger partial charge in [0, 0.05) is 12.1 Å². The van der Waals surface area contributed by atoms with Gasteiger partial charge in [0.15, 0.2) is 15.6 Å². The molecule has 0 aliphatic heterocycles. The number of carbonyl (C=O) groups is 2. The maximum absolute atomic E-state index is 13.3. The predicted molar refractivity (Wildman–Crippen MR) is 153 cm³/mol. The van der Waals surface area contributed by atoms with Crippen LogP contribution in [0, 0.1) is 12.7 Å². The number of unbranched alkanes of at least 4 members (excludes halogenated alkanes) is 4. The van der Waals surface area contributed by atoms with Gasteiger partial charge in [0.2, 0.25) is 0 Å². The predicted octanol–water partition coefficient (Wildman–Crippen LogP) is 6.77. The smallest absolute Gasteiger partial charge is 0.319 e. The van der Waals surface area contributed by atoms with Crippen molar-refractivity contribution < 1.29 is 22.4 Å². The number of Topliss-reactive ketones (excluding diaryl/α,β-unsaturated/α-hetero) is 1. The first-order valence-electron chi connectivity index (χ1n) is 13.4. The van der Waals surface area contributed by atoms with Gasteiger partial charge in [-0.1, -0.05) is 74.6 Å². The number of hydrogen-bond donors (Lipinski definition) is 2. The molecule has 39 heavy (non-hydrogen) atoms. The number of halogens is 1. The van der Waals surface area contributed by atoms with Crippen LogP contribution in [0.25, 0.3) is 0 Å². The zero-order valence-electron chi connectivity index (χ0n) is 22.6. The standard InChI is InChI=1S/C31H37FN2O4S/c1-3-4-5-6-7-8-30(35)29(21-24-11-15-26(32)16-12-24)34-31(36)33-27-17-13-25(14-18-27)22-39(37,38)28-19-9-23(2)10-20-28/h9-20,29H,3-8,21-22H2,1-2H3,(H2,33,34,36)/t29-/m1/s1. The van der Waals surface area contributed by atoms with Gasteiger partial charge >= 0.3 is 6.03 Å². The first kappa shape index (κ1) is 30.0. The van der Waals surface area contributed by atoms with Crippen LogP contribution in [-0.2, 0) is 26.8 Å². The third kappa shape index (κ3) is 9.94. The molecule has 2 amide bonds. The van der Waals surface area contributed by atoms with Gasteiger partial charge in [-0.2, -0.15) is 0 Å². The Balaban J connectivity index is 1.61. The van der Waals surface area contributed by atoms with Crippen molar-refractivity contribution in [3.8, 4) is 0 Å². The molecule has 8 heteroatoms. The van der Waals surface area contributed by atoms with Crippen molar-refractivity contribution in [3.63, 3.8) is 0 Å². The van der Waals surface area contributed by atoms with Crippen LogP contribution in [0.3, 0.4) is 0 Å². The lowest BCUT2D eigenvalue weighted by Gasteiger charge is -2.19. The third-order valence-corrected chi connectivity index (χ3v) is 8.23. The number of anilines is 1. The minimum absolute atomic E-state index is 0.0670. The van der Waals surface area contributed by atoms with Gasteiger partial charge in [0.05, 0.1) is 16.7 Å². The summed E-state index contributed by atoms with van der Waals surface area (Å²) in [6.07, 6.45) is 5.66. The second kappa shape index (κ2) is 14.6. The summed E-state index contributed by atoms with van der Waals surface area (Å²) in [4.78, 5) is 26.0. The average Bonchev–Trinajstić information content (AvgIpc) is 2.90. The highest BCUT2D eigenvalue weighted by molar-refractivity contribution is 7.90. The molecule has 0 radical (unpaired) electrons. The number of ketones is 1. The number of benzene rings is 3. The first-order chi connectivity index (χ1) is 18.7. The Labute approximate surface area is 231 Å². The van der Waals surface area contributed by atoms with Crippen LogP contribution in [-0.4, -0.2) is 26.3 Å². The Hall–Kier alpha value is -3.52. The van der Waals surface area contributed by atoms with Gasteiger partial charge in [0.1, 0.15) is 5.82 Å². The molecule has 0 unspecified atom stereocenters. The number of carbonyl (C=O) groups excluding carboxylic acids is 2. The first-order valence-corrected chi connectivity index (χ1v) is 15.0. The highest BCUT2D eigenvalue weighted by Gasteiger charge is 2.21. The summed E-state index contributed by atoms with van der Waals surface area (Å²) >= 11 is 0. The fraction of sp³-hybridized carbons (Fsp3) is 0.355. The molecule has 0 aliphatic rings. The van der Waals surface area contributed by atoms with Crippen LogP contribution in [0.2, 0.25) is 0 Å². The Morgan fingerprint density at radius 3 is 2.08 bits per heavy atom. The molecule has 0 aliphatic carbocycles. The van der Waals surface area contributed by atoms with Gasteiger partial charge in [-0.15, -0.1) is 0 Å². The molecule has 0 bridgehead atoms. The highest BCUT2D eigenvalue weighted by atomic mass is 32.2.